The fourth-order valence-corrected chi connectivity index (χ4v) is 4.38. The molecule has 2 saturated heterocycles. The summed E-state index contributed by atoms with van der Waals surface area (Å²) in [5.74, 6) is -3.27. The number of hydrogen-bond donors (Lipinski definition) is 1. The Morgan fingerprint density at radius 3 is 1.12 bits per heavy atom. The number of morpholine rings is 2. The molecule has 0 bridgehead atoms. The summed E-state index contributed by atoms with van der Waals surface area (Å²) in [7, 11) is 2.60. The molecule has 2 aliphatic heterocycles. The van der Waals surface area contributed by atoms with Crippen LogP contribution in [0.5, 0.6) is 0 Å². The standard InChI is InChI=1S/C13H15NO4.C12H13NO4.C9H8O4.Li/c1-17-13(16)11-4-2-10(3-5-11)12(15)14-6-8-18-9-7-14;14-11(13-5-7-17-8-6-13)9-1-3-10(4-2-9)12(15)16;1-13-9(12)7-4-2-6(3-5-7)8(10)11;/h2-5H,6-9H2,1H3;1-4H,5-8H2,(H,15,16);2-5H,1H3,(H,10,11);/q;;;+1/p-1. The average molecular weight is 671 g/mol. The molecule has 5 rings (SSSR count). The maximum Gasteiger partial charge on any atom is 1.00 e. The molecule has 3 aromatic carbocycles. The quantitative estimate of drug-likeness (QED) is 0.240. The molecule has 2 amide bonds. The Morgan fingerprint density at radius 2 is 0.837 bits per heavy atom. The van der Waals surface area contributed by atoms with Crippen molar-refractivity contribution < 1.29 is 76.8 Å². The van der Waals surface area contributed by atoms with Crippen LogP contribution in [0, 0.1) is 0 Å². The van der Waals surface area contributed by atoms with Gasteiger partial charge in [-0.05, 0) is 66.2 Å². The van der Waals surface area contributed by atoms with Gasteiger partial charge in [-0.15, -0.1) is 0 Å². The number of aromatic carboxylic acids is 2. The van der Waals surface area contributed by atoms with Crippen molar-refractivity contribution in [2.75, 3.05) is 66.8 Å². The van der Waals surface area contributed by atoms with Gasteiger partial charge < -0.3 is 43.8 Å². The molecule has 0 saturated carbocycles. The smallest absolute Gasteiger partial charge is 0.545 e. The van der Waals surface area contributed by atoms with Crippen molar-refractivity contribution in [1.29, 1.82) is 0 Å². The van der Waals surface area contributed by atoms with E-state index in [9.17, 15) is 33.9 Å². The van der Waals surface area contributed by atoms with Crippen LogP contribution < -0.4 is 24.0 Å². The molecule has 0 radical (unpaired) electrons. The summed E-state index contributed by atoms with van der Waals surface area (Å²) >= 11 is 0. The minimum absolute atomic E-state index is 0. The van der Waals surface area contributed by atoms with E-state index in [1.54, 1.807) is 34.1 Å². The first kappa shape index (κ1) is 40.2. The van der Waals surface area contributed by atoms with E-state index < -0.39 is 23.9 Å². The number of nitrogens with zero attached hydrogens (tertiary/aromatic N) is 2. The van der Waals surface area contributed by atoms with Crippen molar-refractivity contribution in [3.63, 3.8) is 0 Å². The largest absolute Gasteiger partial charge is 1.00 e. The molecule has 1 N–H and O–H groups in total. The molecule has 2 aliphatic rings. The molecule has 15 heteroatoms. The van der Waals surface area contributed by atoms with Crippen LogP contribution in [0.2, 0.25) is 0 Å². The third kappa shape index (κ3) is 12.2. The zero-order chi connectivity index (χ0) is 35.1. The van der Waals surface area contributed by atoms with E-state index in [1.807, 2.05) is 0 Å². The van der Waals surface area contributed by atoms with Crippen LogP contribution in [0.1, 0.15) is 62.1 Å². The summed E-state index contributed by atoms with van der Waals surface area (Å²) in [6, 6.07) is 17.8. The van der Waals surface area contributed by atoms with E-state index in [2.05, 4.69) is 9.47 Å². The maximum atomic E-state index is 12.1. The number of carboxylic acids is 2. The molecule has 0 unspecified atom stereocenters. The van der Waals surface area contributed by atoms with Gasteiger partial charge in [0.15, 0.2) is 0 Å². The van der Waals surface area contributed by atoms with E-state index >= 15 is 0 Å². The monoisotopic (exact) mass is 670 g/mol. The molecule has 0 aliphatic carbocycles. The zero-order valence-electron chi connectivity index (χ0n) is 27.4. The van der Waals surface area contributed by atoms with Crippen molar-refractivity contribution in [3.8, 4) is 0 Å². The fraction of sp³-hybridized carbons (Fsp3) is 0.294. The Labute approximate surface area is 294 Å². The summed E-state index contributed by atoms with van der Waals surface area (Å²) < 4.78 is 19.4. The maximum absolute atomic E-state index is 12.1. The number of carbonyl (C=O) groups is 6. The molecule has 0 spiro atoms. The van der Waals surface area contributed by atoms with Gasteiger partial charge in [-0.2, -0.15) is 0 Å². The molecule has 49 heavy (non-hydrogen) atoms. The number of benzene rings is 3. The summed E-state index contributed by atoms with van der Waals surface area (Å²) in [6.45, 7) is 4.60. The number of rotatable bonds is 6. The van der Waals surface area contributed by atoms with Crippen LogP contribution in [0.15, 0.2) is 72.8 Å². The Bertz CT molecular complexity index is 1570. The average Bonchev–Trinajstić information content (AvgIpc) is 3.15. The molecule has 3 aromatic rings. The molecular formula is C34H35LiN2O12. The fourth-order valence-electron chi connectivity index (χ4n) is 4.38. The first-order valence-corrected chi connectivity index (χ1v) is 14.7. The Hall–Kier alpha value is -5.00. The van der Waals surface area contributed by atoms with E-state index in [0.717, 1.165) is 0 Å². The molecule has 2 fully saturated rings. The molecule has 14 nitrogen and oxygen atoms in total. The van der Waals surface area contributed by atoms with Gasteiger partial charge >= 0.3 is 36.8 Å². The number of esters is 2. The van der Waals surface area contributed by atoms with Gasteiger partial charge in [0.05, 0.1) is 63.3 Å². The van der Waals surface area contributed by atoms with Gasteiger partial charge in [-0.1, -0.05) is 12.1 Å². The van der Waals surface area contributed by atoms with Crippen LogP contribution in [0.4, 0.5) is 0 Å². The second-order valence-electron chi connectivity index (χ2n) is 10.1. The van der Waals surface area contributed by atoms with Crippen LogP contribution in [0.3, 0.4) is 0 Å². The molecule has 2 heterocycles. The molecular weight excluding hydrogens is 635 g/mol. The number of carbonyl (C=O) groups excluding carboxylic acids is 5. The van der Waals surface area contributed by atoms with Crippen molar-refractivity contribution in [3.05, 3.63) is 106 Å². The molecule has 0 atom stereocenters. The first-order chi connectivity index (χ1) is 23.0. The van der Waals surface area contributed by atoms with E-state index in [0.29, 0.717) is 74.9 Å². The molecule has 254 valence electrons. The number of methoxy groups -OCH3 is 2. The minimum Gasteiger partial charge on any atom is -0.545 e. The van der Waals surface area contributed by atoms with Crippen molar-refractivity contribution in [2.45, 2.75) is 0 Å². The van der Waals surface area contributed by atoms with Gasteiger partial charge in [0.25, 0.3) is 11.8 Å². The normalized spacial score (nSPS) is 13.5. The van der Waals surface area contributed by atoms with Gasteiger partial charge in [-0.3, -0.25) is 9.59 Å². The van der Waals surface area contributed by atoms with Crippen molar-refractivity contribution >= 4 is 35.7 Å². The predicted octanol–water partition coefficient (Wildman–Crippen LogP) is -1.36. The van der Waals surface area contributed by atoms with Gasteiger partial charge in [-0.25, -0.2) is 14.4 Å². The SMILES string of the molecule is COC(=O)c1ccc(C(=O)N2CCOCC2)cc1.COC(=O)c1ccc(C(=O)O)cc1.O=C([O-])c1ccc(C(=O)N2CCOCC2)cc1.[Li+]. The van der Waals surface area contributed by atoms with Gasteiger partial charge in [0.1, 0.15) is 0 Å². The number of ether oxygens (including phenoxy) is 4. The van der Waals surface area contributed by atoms with Crippen LogP contribution in [0.25, 0.3) is 0 Å². The van der Waals surface area contributed by atoms with Crippen LogP contribution >= 0.6 is 0 Å². The van der Waals surface area contributed by atoms with Gasteiger partial charge in [0, 0.05) is 37.3 Å². The summed E-state index contributed by atoms with van der Waals surface area (Å²) in [5, 5.41) is 19.1. The Balaban J connectivity index is 0.000000256. The summed E-state index contributed by atoms with van der Waals surface area (Å²) in [5.41, 5.74) is 2.06. The van der Waals surface area contributed by atoms with E-state index in [4.69, 9.17) is 14.6 Å². The Morgan fingerprint density at radius 1 is 0.551 bits per heavy atom. The zero-order valence-corrected chi connectivity index (χ0v) is 27.4. The minimum atomic E-state index is -1.24. The number of carboxylic acid groups (broad SMARTS) is 2. The number of hydrogen-bond acceptors (Lipinski definition) is 11. The van der Waals surface area contributed by atoms with Gasteiger partial charge in [0.2, 0.25) is 0 Å². The first-order valence-electron chi connectivity index (χ1n) is 14.7. The third-order valence-corrected chi connectivity index (χ3v) is 7.07. The summed E-state index contributed by atoms with van der Waals surface area (Å²) in [4.78, 5) is 70.7. The van der Waals surface area contributed by atoms with Crippen LogP contribution in [-0.4, -0.2) is 117 Å². The van der Waals surface area contributed by atoms with Crippen LogP contribution in [-0.2, 0) is 18.9 Å². The van der Waals surface area contributed by atoms with E-state index in [1.165, 1.54) is 62.8 Å². The molecule has 0 aromatic heterocycles. The predicted molar refractivity (Wildman–Crippen MR) is 167 cm³/mol. The Kier molecular flexibility index (Phi) is 16.7. The van der Waals surface area contributed by atoms with E-state index in [-0.39, 0.29) is 41.8 Å². The topological polar surface area (TPSA) is 189 Å². The summed E-state index contributed by atoms with van der Waals surface area (Å²) in [6.07, 6.45) is 0. The second-order valence-corrected chi connectivity index (χ2v) is 10.1. The van der Waals surface area contributed by atoms with Crippen molar-refractivity contribution in [2.24, 2.45) is 0 Å². The second kappa shape index (κ2) is 20.4. The third-order valence-electron chi connectivity index (χ3n) is 7.07. The number of amides is 2. The van der Waals surface area contributed by atoms with Crippen molar-refractivity contribution in [1.82, 2.24) is 9.80 Å².